The van der Waals surface area contributed by atoms with E-state index >= 15 is 0 Å². The van der Waals surface area contributed by atoms with Crippen molar-refractivity contribution in [2.24, 2.45) is 0 Å². The molecular formula is C19H19N3O5. The summed E-state index contributed by atoms with van der Waals surface area (Å²) in [5.41, 5.74) is 7.73. The maximum absolute atomic E-state index is 11.4. The predicted octanol–water partition coefficient (Wildman–Crippen LogP) is 2.11. The van der Waals surface area contributed by atoms with E-state index in [9.17, 15) is 14.4 Å². The van der Waals surface area contributed by atoms with Crippen molar-refractivity contribution in [2.45, 2.75) is 12.8 Å². The molecule has 0 bridgehead atoms. The average molecular weight is 369 g/mol. The molecule has 0 radical (unpaired) electrons. The molecule has 0 unspecified atom stereocenters. The second kappa shape index (κ2) is 7.77. The number of carbonyl (C=O) groups is 3. The van der Waals surface area contributed by atoms with Crippen LogP contribution in [0.2, 0.25) is 0 Å². The Balaban J connectivity index is 0.000000159. The van der Waals surface area contributed by atoms with Crippen molar-refractivity contribution in [3.8, 4) is 5.75 Å². The number of carboxylic acid groups (broad SMARTS) is 1. The summed E-state index contributed by atoms with van der Waals surface area (Å²) >= 11 is 0. The van der Waals surface area contributed by atoms with Gasteiger partial charge in [0.05, 0.1) is 11.3 Å². The van der Waals surface area contributed by atoms with Crippen LogP contribution in [0, 0.1) is 0 Å². The number of carbonyl (C=O) groups excluding carboxylic acids is 2. The summed E-state index contributed by atoms with van der Waals surface area (Å²) < 4.78 is 5.12. The molecule has 4 N–H and O–H groups in total. The number of hydrogen-bond acceptors (Lipinski definition) is 5. The fourth-order valence-electron chi connectivity index (χ4n) is 2.82. The van der Waals surface area contributed by atoms with Gasteiger partial charge in [0.15, 0.2) is 6.61 Å². The van der Waals surface area contributed by atoms with E-state index in [1.54, 1.807) is 35.2 Å². The molecule has 1 saturated heterocycles. The molecule has 0 aliphatic carbocycles. The minimum absolute atomic E-state index is 0.0659. The summed E-state index contributed by atoms with van der Waals surface area (Å²) in [4.78, 5) is 34.7. The van der Waals surface area contributed by atoms with Crippen molar-refractivity contribution < 1.29 is 24.2 Å². The third-order valence-electron chi connectivity index (χ3n) is 4.12. The lowest BCUT2D eigenvalue weighted by Crippen LogP contribution is -2.25. The van der Waals surface area contributed by atoms with Crippen LogP contribution in [0.1, 0.15) is 23.2 Å². The van der Waals surface area contributed by atoms with E-state index in [1.807, 2.05) is 0 Å². The van der Waals surface area contributed by atoms with Crippen molar-refractivity contribution in [3.05, 3.63) is 48.0 Å². The molecular weight excluding hydrogens is 350 g/mol. The Kier molecular flexibility index (Phi) is 5.25. The van der Waals surface area contributed by atoms with Crippen molar-refractivity contribution in [1.29, 1.82) is 0 Å². The minimum Gasteiger partial charge on any atom is -0.482 e. The normalized spacial score (nSPS) is 15.2. The van der Waals surface area contributed by atoms with Crippen LogP contribution < -0.4 is 20.7 Å². The van der Waals surface area contributed by atoms with Crippen LogP contribution >= 0.6 is 0 Å². The lowest BCUT2D eigenvalue weighted by atomic mass is 10.2. The standard InChI is InChI=1S/C11H11NO3.C8H8N2O2/c13-10-5-2-6-12(10)9-4-1-3-8(7-9)11(14)15;9-5-1-2-6-7(3-5)12-4-8(11)10-6/h1,3-4,7H,2,5-6H2,(H,14,15);1-3H,4,9H2,(H,10,11). The number of anilines is 3. The second-order valence-electron chi connectivity index (χ2n) is 6.10. The molecule has 0 atom stereocenters. The highest BCUT2D eigenvalue weighted by Gasteiger charge is 2.22. The Bertz CT molecular complexity index is 897. The first-order chi connectivity index (χ1) is 12.9. The van der Waals surface area contributed by atoms with Gasteiger partial charge in [-0.25, -0.2) is 4.79 Å². The van der Waals surface area contributed by atoms with Crippen LogP contribution in [-0.4, -0.2) is 36.0 Å². The van der Waals surface area contributed by atoms with Gasteiger partial charge in [0.2, 0.25) is 5.91 Å². The SMILES string of the molecule is Nc1ccc2c(c1)OCC(=O)N2.O=C(O)c1cccc(N2CCCC2=O)c1. The Labute approximate surface area is 155 Å². The number of nitrogen functional groups attached to an aromatic ring is 1. The van der Waals surface area contributed by atoms with E-state index in [0.717, 1.165) is 6.42 Å². The number of ether oxygens (including phenoxy) is 1. The summed E-state index contributed by atoms with van der Waals surface area (Å²) in [6, 6.07) is 11.6. The summed E-state index contributed by atoms with van der Waals surface area (Å²) in [7, 11) is 0. The zero-order valence-electron chi connectivity index (χ0n) is 14.5. The first-order valence-electron chi connectivity index (χ1n) is 8.40. The highest BCUT2D eigenvalue weighted by atomic mass is 16.5. The molecule has 140 valence electrons. The van der Waals surface area contributed by atoms with E-state index in [-0.39, 0.29) is 24.0 Å². The number of nitrogens with zero attached hydrogens (tertiary/aromatic N) is 1. The number of fused-ring (bicyclic) bond motifs is 1. The molecule has 0 aromatic heterocycles. The molecule has 2 heterocycles. The monoisotopic (exact) mass is 369 g/mol. The number of hydrogen-bond donors (Lipinski definition) is 3. The molecule has 2 aliphatic heterocycles. The van der Waals surface area contributed by atoms with Crippen LogP contribution in [0.15, 0.2) is 42.5 Å². The smallest absolute Gasteiger partial charge is 0.335 e. The number of carboxylic acids is 1. The van der Waals surface area contributed by atoms with Crippen molar-refractivity contribution in [3.63, 3.8) is 0 Å². The van der Waals surface area contributed by atoms with Gasteiger partial charge in [0.25, 0.3) is 5.91 Å². The first kappa shape index (κ1) is 18.2. The number of amides is 2. The van der Waals surface area contributed by atoms with E-state index < -0.39 is 5.97 Å². The quantitative estimate of drug-likeness (QED) is 0.697. The third-order valence-corrected chi connectivity index (χ3v) is 4.12. The molecule has 0 spiro atoms. The fourth-order valence-corrected chi connectivity index (χ4v) is 2.82. The van der Waals surface area contributed by atoms with Crippen LogP contribution in [0.5, 0.6) is 5.75 Å². The maximum atomic E-state index is 11.4. The van der Waals surface area contributed by atoms with E-state index in [4.69, 9.17) is 15.6 Å². The van der Waals surface area contributed by atoms with Gasteiger partial charge >= 0.3 is 5.97 Å². The molecule has 8 nitrogen and oxygen atoms in total. The fraction of sp³-hybridized carbons (Fsp3) is 0.211. The predicted molar refractivity (Wildman–Crippen MR) is 100.0 cm³/mol. The van der Waals surface area contributed by atoms with Gasteiger partial charge in [0.1, 0.15) is 5.75 Å². The molecule has 4 rings (SSSR count). The molecule has 27 heavy (non-hydrogen) atoms. The van der Waals surface area contributed by atoms with Crippen molar-refractivity contribution >= 4 is 34.8 Å². The van der Waals surface area contributed by atoms with Crippen LogP contribution in [0.4, 0.5) is 17.1 Å². The Morgan fingerprint density at radius 3 is 2.70 bits per heavy atom. The lowest BCUT2D eigenvalue weighted by molar-refractivity contribution is -0.119. The molecule has 2 aliphatic rings. The van der Waals surface area contributed by atoms with Crippen LogP contribution in [0.3, 0.4) is 0 Å². The van der Waals surface area contributed by atoms with Gasteiger partial charge < -0.3 is 25.8 Å². The van der Waals surface area contributed by atoms with E-state index in [1.165, 1.54) is 12.1 Å². The van der Waals surface area contributed by atoms with Gasteiger partial charge in [-0.1, -0.05) is 6.07 Å². The summed E-state index contributed by atoms with van der Waals surface area (Å²) in [5, 5.41) is 11.5. The molecule has 8 heteroatoms. The lowest BCUT2D eigenvalue weighted by Gasteiger charge is -2.17. The Morgan fingerprint density at radius 2 is 2.00 bits per heavy atom. The summed E-state index contributed by atoms with van der Waals surface area (Å²) in [6.07, 6.45) is 1.40. The minimum atomic E-state index is -0.969. The van der Waals surface area contributed by atoms with Gasteiger partial charge in [-0.3, -0.25) is 9.59 Å². The highest BCUT2D eigenvalue weighted by molar-refractivity contribution is 5.97. The van der Waals surface area contributed by atoms with Gasteiger partial charge in [0, 0.05) is 30.4 Å². The first-order valence-corrected chi connectivity index (χ1v) is 8.40. The van der Waals surface area contributed by atoms with Crippen molar-refractivity contribution in [2.75, 3.05) is 29.1 Å². The number of benzene rings is 2. The average Bonchev–Trinajstić information content (AvgIpc) is 3.08. The number of rotatable bonds is 2. The van der Waals surface area contributed by atoms with E-state index in [2.05, 4.69) is 5.32 Å². The Hall–Kier alpha value is -3.55. The number of aromatic carboxylic acids is 1. The Morgan fingerprint density at radius 1 is 1.19 bits per heavy atom. The summed E-state index contributed by atoms with van der Waals surface area (Å²) in [5.74, 6) is -0.400. The third kappa shape index (κ3) is 4.35. The topological polar surface area (TPSA) is 122 Å². The largest absolute Gasteiger partial charge is 0.482 e. The zero-order valence-corrected chi connectivity index (χ0v) is 14.5. The number of nitrogens with two attached hydrogens (primary N) is 1. The molecule has 1 fully saturated rings. The number of nitrogens with one attached hydrogen (secondary N) is 1. The maximum Gasteiger partial charge on any atom is 0.335 e. The summed E-state index contributed by atoms with van der Waals surface area (Å²) in [6.45, 7) is 0.748. The van der Waals surface area contributed by atoms with Crippen molar-refractivity contribution in [1.82, 2.24) is 0 Å². The molecule has 2 aromatic carbocycles. The van der Waals surface area contributed by atoms with Gasteiger partial charge in [-0.2, -0.15) is 0 Å². The zero-order chi connectivity index (χ0) is 19.4. The molecule has 2 amide bonds. The van der Waals surface area contributed by atoms with E-state index in [0.29, 0.717) is 35.8 Å². The molecule has 0 saturated carbocycles. The highest BCUT2D eigenvalue weighted by Crippen LogP contribution is 2.29. The van der Waals surface area contributed by atoms with Gasteiger partial charge in [-0.15, -0.1) is 0 Å². The van der Waals surface area contributed by atoms with Crippen LogP contribution in [-0.2, 0) is 9.59 Å². The van der Waals surface area contributed by atoms with Gasteiger partial charge in [-0.05, 0) is 36.8 Å². The van der Waals surface area contributed by atoms with Crippen LogP contribution in [0.25, 0.3) is 0 Å². The second-order valence-corrected chi connectivity index (χ2v) is 6.10. The molecule has 2 aromatic rings.